The number of hydrogen-bond donors (Lipinski definition) is 1. The highest BCUT2D eigenvalue weighted by Gasteiger charge is 2.33. The molecule has 1 saturated heterocycles. The minimum atomic E-state index is -0.0450. The van der Waals surface area contributed by atoms with Crippen LogP contribution in [0.15, 0.2) is 18.2 Å². The third kappa shape index (κ3) is 3.57. The largest absolute Gasteiger partial charge is 0.507 e. The predicted molar refractivity (Wildman–Crippen MR) is 114 cm³/mol. The minimum Gasteiger partial charge on any atom is -0.507 e. The summed E-state index contributed by atoms with van der Waals surface area (Å²) in [5, 5.41) is 28.6. The molecule has 1 N–H and O–H groups in total. The molecule has 1 aromatic heterocycles. The van der Waals surface area contributed by atoms with Crippen LogP contribution in [0, 0.1) is 18.3 Å². The van der Waals surface area contributed by atoms with Gasteiger partial charge in [0, 0.05) is 38.2 Å². The lowest BCUT2D eigenvalue weighted by Gasteiger charge is -2.43. The summed E-state index contributed by atoms with van der Waals surface area (Å²) in [5.74, 6) is 0.652. The molecular weight excluding hydrogens is 380 g/mol. The fraction of sp³-hybridized carbons (Fsp3) is 0.455. The third-order valence-corrected chi connectivity index (χ3v) is 6.00. The fourth-order valence-electron chi connectivity index (χ4n) is 4.58. The Balaban J connectivity index is 1.79. The summed E-state index contributed by atoms with van der Waals surface area (Å²) < 4.78 is 0. The lowest BCUT2D eigenvalue weighted by atomic mass is 10.00. The summed E-state index contributed by atoms with van der Waals surface area (Å²) in [7, 11) is 2.13. The monoisotopic (exact) mass is 406 g/mol. The molecule has 0 radical (unpaired) electrons. The van der Waals surface area contributed by atoms with Gasteiger partial charge < -0.3 is 19.8 Å². The number of aryl methyl sites for hydroxylation is 1. The first-order chi connectivity index (χ1) is 14.4. The third-order valence-electron chi connectivity index (χ3n) is 6.00. The summed E-state index contributed by atoms with van der Waals surface area (Å²) in [6.45, 7) is 6.74. The Morgan fingerprint density at radius 2 is 2.03 bits per heavy atom. The Morgan fingerprint density at radius 1 is 1.23 bits per heavy atom. The summed E-state index contributed by atoms with van der Waals surface area (Å²) in [4.78, 5) is 18.7. The first kappa shape index (κ1) is 20.1. The van der Waals surface area contributed by atoms with E-state index in [4.69, 9.17) is 5.26 Å². The SMILES string of the molecule is CC(=O)N1CCN([C@H]2CCCN(C)C2)c2nnc(-c3c(C)cc(C#N)cc3O)cc21. The van der Waals surface area contributed by atoms with E-state index in [0.717, 1.165) is 43.7 Å². The number of phenols is 1. The molecule has 2 aromatic rings. The van der Waals surface area contributed by atoms with Crippen molar-refractivity contribution < 1.29 is 9.90 Å². The molecule has 2 aliphatic heterocycles. The van der Waals surface area contributed by atoms with Crippen LogP contribution in [0.2, 0.25) is 0 Å². The molecular formula is C22H26N6O2. The zero-order valence-corrected chi connectivity index (χ0v) is 17.6. The molecule has 1 aromatic carbocycles. The van der Waals surface area contributed by atoms with E-state index in [0.29, 0.717) is 35.2 Å². The predicted octanol–water partition coefficient (Wildman–Crippen LogP) is 2.30. The molecule has 2 aliphatic rings. The average molecular weight is 406 g/mol. The summed E-state index contributed by atoms with van der Waals surface area (Å²) in [6.07, 6.45) is 2.22. The smallest absolute Gasteiger partial charge is 0.224 e. The van der Waals surface area contributed by atoms with Crippen LogP contribution in [0.4, 0.5) is 11.5 Å². The van der Waals surface area contributed by atoms with Gasteiger partial charge in [-0.2, -0.15) is 5.26 Å². The molecule has 0 aliphatic carbocycles. The van der Waals surface area contributed by atoms with E-state index in [2.05, 4.69) is 27.0 Å². The standard InChI is InChI=1S/C22H26N6O2/c1-14-9-16(12-23)10-20(30)21(14)18-11-19-22(25-24-18)28(8-7-27(19)15(2)29)17-5-4-6-26(3)13-17/h9-11,17,30H,4-8,13H2,1-3H3/t17-/m0/s1. The van der Waals surface area contributed by atoms with Crippen LogP contribution in [-0.4, -0.2) is 65.4 Å². The van der Waals surface area contributed by atoms with Crippen molar-refractivity contribution in [3.8, 4) is 23.1 Å². The van der Waals surface area contributed by atoms with Gasteiger partial charge in [-0.3, -0.25) is 4.79 Å². The van der Waals surface area contributed by atoms with E-state index >= 15 is 0 Å². The van der Waals surface area contributed by atoms with Crippen LogP contribution in [0.3, 0.4) is 0 Å². The molecule has 156 valence electrons. The van der Waals surface area contributed by atoms with Gasteiger partial charge >= 0.3 is 0 Å². The van der Waals surface area contributed by atoms with Crippen molar-refractivity contribution in [3.05, 3.63) is 29.3 Å². The van der Waals surface area contributed by atoms with E-state index < -0.39 is 0 Å². The number of carbonyl (C=O) groups excluding carboxylic acids is 1. The number of nitriles is 1. The van der Waals surface area contributed by atoms with Gasteiger partial charge in [0.2, 0.25) is 5.91 Å². The van der Waals surface area contributed by atoms with E-state index in [-0.39, 0.29) is 11.7 Å². The number of piperidine rings is 1. The molecule has 1 amide bonds. The zero-order chi connectivity index (χ0) is 21.4. The quantitative estimate of drug-likeness (QED) is 0.817. The summed E-state index contributed by atoms with van der Waals surface area (Å²) in [6, 6.07) is 7.35. The maximum Gasteiger partial charge on any atom is 0.224 e. The van der Waals surface area contributed by atoms with Gasteiger partial charge in [0.05, 0.1) is 23.0 Å². The Labute approximate surface area is 176 Å². The number of nitrogens with zero attached hydrogens (tertiary/aromatic N) is 6. The van der Waals surface area contributed by atoms with Crippen molar-refractivity contribution >= 4 is 17.4 Å². The van der Waals surface area contributed by atoms with Crippen molar-refractivity contribution in [2.45, 2.75) is 32.7 Å². The minimum absolute atomic E-state index is 0.0169. The van der Waals surface area contributed by atoms with Gasteiger partial charge in [0.15, 0.2) is 5.82 Å². The number of rotatable bonds is 2. The number of aromatic hydroxyl groups is 1. The highest BCUT2D eigenvalue weighted by molar-refractivity contribution is 5.96. The normalized spacial score (nSPS) is 19.3. The highest BCUT2D eigenvalue weighted by atomic mass is 16.3. The number of phenolic OH excluding ortho intramolecular Hbond substituents is 1. The lowest BCUT2D eigenvalue weighted by molar-refractivity contribution is -0.116. The van der Waals surface area contributed by atoms with Crippen molar-refractivity contribution in [2.24, 2.45) is 0 Å². The molecule has 0 saturated carbocycles. The topological polar surface area (TPSA) is 96.6 Å². The van der Waals surface area contributed by atoms with Gasteiger partial charge in [-0.05, 0) is 57.1 Å². The second-order valence-electron chi connectivity index (χ2n) is 8.16. The van der Waals surface area contributed by atoms with Gasteiger partial charge in [0.25, 0.3) is 0 Å². The number of anilines is 2. The zero-order valence-electron chi connectivity index (χ0n) is 17.6. The van der Waals surface area contributed by atoms with Crippen LogP contribution >= 0.6 is 0 Å². The van der Waals surface area contributed by atoms with Crippen molar-refractivity contribution in [1.82, 2.24) is 15.1 Å². The van der Waals surface area contributed by atoms with E-state index in [1.807, 2.05) is 19.1 Å². The number of amides is 1. The Kier molecular flexibility index (Phi) is 5.31. The highest BCUT2D eigenvalue weighted by Crippen LogP contribution is 2.39. The second-order valence-corrected chi connectivity index (χ2v) is 8.16. The maximum atomic E-state index is 12.3. The molecule has 8 heteroatoms. The van der Waals surface area contributed by atoms with Crippen LogP contribution < -0.4 is 9.80 Å². The van der Waals surface area contributed by atoms with Gasteiger partial charge in [-0.25, -0.2) is 0 Å². The number of carbonyl (C=O) groups is 1. The van der Waals surface area contributed by atoms with Gasteiger partial charge in [-0.1, -0.05) is 0 Å². The van der Waals surface area contributed by atoms with Crippen molar-refractivity contribution in [1.29, 1.82) is 5.26 Å². The van der Waals surface area contributed by atoms with Crippen LogP contribution in [0.5, 0.6) is 5.75 Å². The Bertz CT molecular complexity index is 1010. The van der Waals surface area contributed by atoms with Crippen LogP contribution in [-0.2, 0) is 4.79 Å². The lowest BCUT2D eigenvalue weighted by Crippen LogP contribution is -2.53. The Morgan fingerprint density at radius 3 is 2.70 bits per heavy atom. The van der Waals surface area contributed by atoms with Gasteiger partial charge in [0.1, 0.15) is 5.75 Å². The van der Waals surface area contributed by atoms with Crippen LogP contribution in [0.1, 0.15) is 30.9 Å². The first-order valence-corrected chi connectivity index (χ1v) is 10.2. The molecule has 0 bridgehead atoms. The van der Waals surface area contributed by atoms with Crippen molar-refractivity contribution in [2.75, 3.05) is 43.0 Å². The van der Waals surface area contributed by atoms with Crippen LogP contribution in [0.25, 0.3) is 11.3 Å². The number of fused-ring (bicyclic) bond motifs is 1. The average Bonchev–Trinajstić information content (AvgIpc) is 2.72. The molecule has 0 unspecified atom stereocenters. The molecule has 8 nitrogen and oxygen atoms in total. The molecule has 1 fully saturated rings. The number of hydrogen-bond acceptors (Lipinski definition) is 7. The van der Waals surface area contributed by atoms with E-state index in [1.54, 1.807) is 17.9 Å². The van der Waals surface area contributed by atoms with E-state index in [1.165, 1.54) is 6.07 Å². The number of likely N-dealkylation sites (tertiary alicyclic amines) is 1. The molecule has 30 heavy (non-hydrogen) atoms. The number of benzene rings is 1. The fourth-order valence-corrected chi connectivity index (χ4v) is 4.58. The van der Waals surface area contributed by atoms with E-state index in [9.17, 15) is 9.90 Å². The molecule has 4 rings (SSSR count). The number of aromatic nitrogens is 2. The summed E-state index contributed by atoms with van der Waals surface area (Å²) in [5.41, 5.74) is 2.86. The number of likely N-dealkylation sites (N-methyl/N-ethyl adjacent to an activating group) is 1. The first-order valence-electron chi connectivity index (χ1n) is 10.2. The second kappa shape index (κ2) is 7.92. The molecule has 3 heterocycles. The Hall–Kier alpha value is -3.18. The molecule has 0 spiro atoms. The molecule has 1 atom stereocenters. The summed E-state index contributed by atoms with van der Waals surface area (Å²) >= 11 is 0. The van der Waals surface area contributed by atoms with Crippen molar-refractivity contribution in [3.63, 3.8) is 0 Å². The van der Waals surface area contributed by atoms with Gasteiger partial charge in [-0.15, -0.1) is 10.2 Å². The maximum absolute atomic E-state index is 12.3.